The van der Waals surface area contributed by atoms with E-state index in [0.29, 0.717) is 22.9 Å². The molecule has 0 fully saturated rings. The minimum absolute atomic E-state index is 0.0366. The van der Waals surface area contributed by atoms with Gasteiger partial charge in [-0.15, -0.1) is 0 Å². The summed E-state index contributed by atoms with van der Waals surface area (Å²) in [6, 6.07) is 9.94. The average Bonchev–Trinajstić information content (AvgIpc) is 3.26. The molecule has 3 aromatic carbocycles. The third-order valence-corrected chi connectivity index (χ3v) is 7.44. The Morgan fingerprint density at radius 3 is 2.23 bits per heavy atom. The average molecular weight is 607 g/mol. The quantitative estimate of drug-likeness (QED) is 0.167. The Hall–Kier alpha value is -4.27. The number of nitrogens with zero attached hydrogens (tertiary/aromatic N) is 3. The van der Waals surface area contributed by atoms with Gasteiger partial charge in [0, 0.05) is 12.1 Å². The molecule has 12 heteroatoms. The van der Waals surface area contributed by atoms with Gasteiger partial charge in [-0.25, -0.2) is 9.38 Å². The highest BCUT2D eigenvalue weighted by atomic mass is 19.4. The summed E-state index contributed by atoms with van der Waals surface area (Å²) >= 11 is 0. The first-order valence-corrected chi connectivity index (χ1v) is 13.3. The highest BCUT2D eigenvalue weighted by Crippen LogP contribution is 2.41. The van der Waals surface area contributed by atoms with Crippen LogP contribution in [0.25, 0.3) is 11.1 Å². The van der Waals surface area contributed by atoms with Crippen molar-refractivity contribution in [2.24, 2.45) is 4.99 Å². The second-order valence-corrected chi connectivity index (χ2v) is 10.6. The second kappa shape index (κ2) is 12.1. The minimum Gasteiger partial charge on any atom is -0.496 e. The topological polar surface area (TPSA) is 60.6 Å². The highest BCUT2D eigenvalue weighted by Gasteiger charge is 2.38. The Balaban J connectivity index is 1.84. The van der Waals surface area contributed by atoms with Gasteiger partial charge in [-0.05, 0) is 77.1 Å². The van der Waals surface area contributed by atoms with Crippen LogP contribution in [0.2, 0.25) is 0 Å². The van der Waals surface area contributed by atoms with Gasteiger partial charge < -0.3 is 9.64 Å². The number of guanidine groups is 1. The van der Waals surface area contributed by atoms with Gasteiger partial charge >= 0.3 is 12.4 Å². The minimum atomic E-state index is -4.74. The van der Waals surface area contributed by atoms with Crippen LogP contribution < -0.4 is 10.1 Å². The lowest BCUT2D eigenvalue weighted by molar-refractivity contribution is -0.138. The zero-order valence-electron chi connectivity index (χ0n) is 23.7. The lowest BCUT2D eigenvalue weighted by atomic mass is 9.92. The standard InChI is InChI=1S/C31H29F7N4O/c1-17(2)20-5-8-27(43-4)26(13-20)25-7-6-23(30(33,34)35)12-22(25)15-42-18(3)28(41-29(42)40-16-39)21-9-19(14-32)10-24(11-21)31(36,37)38/h5-13,17-18,28H,14-15H2,1-4H3,(H,40,41)/t18-,28-/m0/s1. The Labute approximate surface area is 244 Å². The van der Waals surface area contributed by atoms with Crippen molar-refractivity contribution in [2.45, 2.75) is 64.3 Å². The molecule has 0 saturated heterocycles. The molecule has 0 amide bonds. The molecule has 0 aromatic heterocycles. The first kappa shape index (κ1) is 31.7. The fraction of sp³-hybridized carbons (Fsp3) is 0.355. The first-order valence-electron chi connectivity index (χ1n) is 13.3. The molecule has 3 aromatic rings. The molecular weight excluding hydrogens is 577 g/mol. The second-order valence-electron chi connectivity index (χ2n) is 10.6. The van der Waals surface area contributed by atoms with E-state index in [1.807, 2.05) is 26.0 Å². The molecule has 2 atom stereocenters. The monoisotopic (exact) mass is 606 g/mol. The van der Waals surface area contributed by atoms with E-state index in [1.54, 1.807) is 19.2 Å². The molecule has 0 saturated carbocycles. The van der Waals surface area contributed by atoms with E-state index in [1.165, 1.54) is 24.1 Å². The molecule has 0 radical (unpaired) electrons. The summed E-state index contributed by atoms with van der Waals surface area (Å²) in [5, 5.41) is 11.8. The SMILES string of the molecule is COc1ccc(C(C)C)cc1-c1ccc(C(F)(F)F)cc1CN1C(NC#N)=N[C@H](c2cc(CF)cc(C(F)(F)F)c2)[C@@H]1C. The number of hydrogen-bond donors (Lipinski definition) is 1. The maximum Gasteiger partial charge on any atom is 0.416 e. The van der Waals surface area contributed by atoms with Crippen LogP contribution in [0, 0.1) is 11.5 Å². The summed E-state index contributed by atoms with van der Waals surface area (Å²) in [7, 11) is 1.45. The van der Waals surface area contributed by atoms with Gasteiger partial charge in [-0.2, -0.15) is 31.6 Å². The molecule has 43 heavy (non-hydrogen) atoms. The van der Waals surface area contributed by atoms with Crippen LogP contribution in [-0.4, -0.2) is 24.0 Å². The van der Waals surface area contributed by atoms with E-state index in [-0.39, 0.29) is 35.1 Å². The number of alkyl halides is 7. The Kier molecular flexibility index (Phi) is 8.94. The Morgan fingerprint density at radius 1 is 0.953 bits per heavy atom. The van der Waals surface area contributed by atoms with Crippen LogP contribution in [0.5, 0.6) is 5.75 Å². The number of nitrogens with one attached hydrogen (secondary N) is 1. The zero-order chi connectivity index (χ0) is 31.7. The molecule has 228 valence electrons. The normalized spacial score (nSPS) is 17.2. The fourth-order valence-electron chi connectivity index (χ4n) is 5.18. The number of hydrogen-bond acceptors (Lipinski definition) is 5. The van der Waals surface area contributed by atoms with Gasteiger partial charge in [0.15, 0.2) is 6.19 Å². The van der Waals surface area contributed by atoms with Gasteiger partial charge in [-0.3, -0.25) is 5.32 Å². The maximum absolute atomic E-state index is 13.9. The van der Waals surface area contributed by atoms with Crippen LogP contribution in [0.1, 0.15) is 66.1 Å². The highest BCUT2D eigenvalue weighted by molar-refractivity contribution is 5.84. The summed E-state index contributed by atoms with van der Waals surface area (Å²) in [4.78, 5) is 5.94. The van der Waals surface area contributed by atoms with Gasteiger partial charge in [-0.1, -0.05) is 32.0 Å². The molecule has 0 bridgehead atoms. The van der Waals surface area contributed by atoms with Crippen LogP contribution in [-0.2, 0) is 25.6 Å². The molecule has 1 aliphatic heterocycles. The summed E-state index contributed by atoms with van der Waals surface area (Å²) in [6.45, 7) is 4.25. The molecule has 0 spiro atoms. The molecule has 1 N–H and O–H groups in total. The van der Waals surface area contributed by atoms with Crippen LogP contribution >= 0.6 is 0 Å². The molecule has 0 aliphatic carbocycles. The smallest absolute Gasteiger partial charge is 0.416 e. The van der Waals surface area contributed by atoms with Gasteiger partial charge in [0.05, 0.1) is 30.3 Å². The van der Waals surface area contributed by atoms with Crippen molar-refractivity contribution in [1.29, 1.82) is 5.26 Å². The number of benzene rings is 3. The van der Waals surface area contributed by atoms with Gasteiger partial charge in [0.2, 0.25) is 5.96 Å². The van der Waals surface area contributed by atoms with E-state index in [0.717, 1.165) is 23.8 Å². The summed E-state index contributed by atoms with van der Waals surface area (Å²) in [5.74, 6) is 0.511. The number of methoxy groups -OCH3 is 1. The third-order valence-electron chi connectivity index (χ3n) is 7.44. The van der Waals surface area contributed by atoms with E-state index in [4.69, 9.17) is 4.74 Å². The predicted molar refractivity (Wildman–Crippen MR) is 148 cm³/mol. The van der Waals surface area contributed by atoms with E-state index in [2.05, 4.69) is 10.3 Å². The van der Waals surface area contributed by atoms with Crippen LogP contribution in [0.4, 0.5) is 30.7 Å². The lowest BCUT2D eigenvalue weighted by Crippen LogP contribution is -2.40. The number of rotatable bonds is 7. The van der Waals surface area contributed by atoms with Crippen molar-refractivity contribution >= 4 is 5.96 Å². The maximum atomic E-state index is 13.9. The van der Waals surface area contributed by atoms with Crippen LogP contribution in [0.3, 0.4) is 0 Å². The number of ether oxygens (including phenoxy) is 1. The number of halogens is 7. The van der Waals surface area contributed by atoms with Crippen LogP contribution in [0.15, 0.2) is 59.6 Å². The summed E-state index contributed by atoms with van der Waals surface area (Å²) < 4.78 is 101. The lowest BCUT2D eigenvalue weighted by Gasteiger charge is -2.29. The largest absolute Gasteiger partial charge is 0.496 e. The molecule has 1 aliphatic rings. The molecule has 1 heterocycles. The molecule has 4 rings (SSSR count). The van der Waals surface area contributed by atoms with Crippen molar-refractivity contribution < 1.29 is 35.5 Å². The van der Waals surface area contributed by atoms with E-state index >= 15 is 0 Å². The molecular formula is C31H29F7N4O. The summed E-state index contributed by atoms with van der Waals surface area (Å²) in [6.07, 6.45) is -7.66. The zero-order valence-corrected chi connectivity index (χ0v) is 23.7. The Morgan fingerprint density at radius 2 is 1.65 bits per heavy atom. The molecule has 5 nitrogen and oxygen atoms in total. The van der Waals surface area contributed by atoms with Crippen molar-refractivity contribution in [3.63, 3.8) is 0 Å². The van der Waals surface area contributed by atoms with Gasteiger partial charge in [0.1, 0.15) is 12.4 Å². The predicted octanol–water partition coefficient (Wildman–Crippen LogP) is 8.36. The van der Waals surface area contributed by atoms with E-state index in [9.17, 15) is 36.0 Å². The number of nitriles is 1. The van der Waals surface area contributed by atoms with Crippen molar-refractivity contribution in [3.05, 3.63) is 88.0 Å². The van der Waals surface area contributed by atoms with E-state index < -0.39 is 42.2 Å². The summed E-state index contributed by atoms with van der Waals surface area (Å²) in [5.41, 5.74) is 0.0656. The third kappa shape index (κ3) is 6.71. The first-order chi connectivity index (χ1) is 20.2. The van der Waals surface area contributed by atoms with Gasteiger partial charge in [0.25, 0.3) is 0 Å². The fourth-order valence-corrected chi connectivity index (χ4v) is 5.18. The van der Waals surface area contributed by atoms with Crippen molar-refractivity contribution in [1.82, 2.24) is 10.2 Å². The molecule has 0 unspecified atom stereocenters. The van der Waals surface area contributed by atoms with Crippen molar-refractivity contribution in [2.75, 3.05) is 7.11 Å². The van der Waals surface area contributed by atoms with Crippen molar-refractivity contribution in [3.8, 4) is 23.1 Å². The Bertz CT molecular complexity index is 1560. The number of aliphatic imine (C=N–C) groups is 1.